The van der Waals surface area contributed by atoms with Gasteiger partial charge in [-0.25, -0.2) is 15.0 Å². The highest BCUT2D eigenvalue weighted by atomic mass is 127. The molecular formula is C14H19IN4S. The Kier molecular flexibility index (Phi) is 5.31. The van der Waals surface area contributed by atoms with Crippen molar-refractivity contribution in [1.82, 2.24) is 15.0 Å². The molecule has 0 fully saturated rings. The van der Waals surface area contributed by atoms with Crippen molar-refractivity contribution in [3.05, 3.63) is 31.2 Å². The van der Waals surface area contributed by atoms with Gasteiger partial charge in [-0.05, 0) is 42.4 Å². The number of halogens is 1. The topological polar surface area (TPSA) is 50.7 Å². The van der Waals surface area contributed by atoms with Crippen molar-refractivity contribution in [3.63, 3.8) is 0 Å². The third-order valence-electron chi connectivity index (χ3n) is 2.82. The van der Waals surface area contributed by atoms with E-state index in [0.717, 1.165) is 38.2 Å². The van der Waals surface area contributed by atoms with Crippen LogP contribution in [0.1, 0.15) is 48.9 Å². The van der Waals surface area contributed by atoms with Crippen LogP contribution in [0.15, 0.2) is 5.38 Å². The van der Waals surface area contributed by atoms with Crippen LogP contribution in [0, 0.1) is 10.5 Å². The molecule has 0 aliphatic rings. The number of aryl methyl sites for hydroxylation is 1. The van der Waals surface area contributed by atoms with Gasteiger partial charge in [0.05, 0.1) is 26.4 Å². The molecule has 0 aliphatic carbocycles. The first-order valence-corrected chi connectivity index (χ1v) is 8.68. The lowest BCUT2D eigenvalue weighted by molar-refractivity contribution is 0.781. The minimum atomic E-state index is 0.387. The predicted molar refractivity (Wildman–Crippen MR) is 92.7 cm³/mol. The molecule has 0 aliphatic heterocycles. The lowest BCUT2D eigenvalue weighted by Gasteiger charge is -2.14. The molecule has 2 heterocycles. The summed E-state index contributed by atoms with van der Waals surface area (Å²) in [6.07, 6.45) is 0.694. The molecule has 0 bridgehead atoms. The molecule has 4 nitrogen and oxygen atoms in total. The van der Waals surface area contributed by atoms with Gasteiger partial charge in [0.1, 0.15) is 11.6 Å². The fourth-order valence-corrected chi connectivity index (χ4v) is 3.58. The number of anilines is 1. The maximum absolute atomic E-state index is 4.73. The molecular weight excluding hydrogens is 383 g/mol. The molecule has 2 aromatic rings. The molecule has 20 heavy (non-hydrogen) atoms. The van der Waals surface area contributed by atoms with E-state index in [1.165, 1.54) is 0 Å². The summed E-state index contributed by atoms with van der Waals surface area (Å²) in [6, 6.07) is 0. The van der Waals surface area contributed by atoms with Gasteiger partial charge in [-0.15, -0.1) is 11.3 Å². The number of hydrogen-bond acceptors (Lipinski definition) is 5. The second-order valence-electron chi connectivity index (χ2n) is 4.91. The van der Waals surface area contributed by atoms with Crippen LogP contribution < -0.4 is 5.32 Å². The highest BCUT2D eigenvalue weighted by molar-refractivity contribution is 14.1. The van der Waals surface area contributed by atoms with Crippen LogP contribution in [-0.2, 0) is 6.42 Å². The summed E-state index contributed by atoms with van der Waals surface area (Å²) < 4.78 is 1.12. The van der Waals surface area contributed by atoms with Crippen molar-refractivity contribution < 1.29 is 0 Å². The normalized spacial score (nSPS) is 11.1. The number of rotatable bonds is 5. The van der Waals surface area contributed by atoms with Gasteiger partial charge >= 0.3 is 0 Å². The zero-order valence-corrected chi connectivity index (χ0v) is 15.2. The fourth-order valence-electron chi connectivity index (χ4n) is 1.91. The van der Waals surface area contributed by atoms with E-state index >= 15 is 0 Å². The first-order chi connectivity index (χ1) is 9.51. The molecule has 2 aromatic heterocycles. The molecule has 0 aromatic carbocycles. The second kappa shape index (κ2) is 6.80. The van der Waals surface area contributed by atoms with Crippen LogP contribution in [0.3, 0.4) is 0 Å². The quantitative estimate of drug-likeness (QED) is 0.769. The van der Waals surface area contributed by atoms with Crippen molar-refractivity contribution in [2.75, 3.05) is 11.9 Å². The van der Waals surface area contributed by atoms with Crippen molar-refractivity contribution >= 4 is 39.7 Å². The fraction of sp³-hybridized carbons (Fsp3) is 0.500. The summed E-state index contributed by atoms with van der Waals surface area (Å²) in [5.41, 5.74) is 2.16. The van der Waals surface area contributed by atoms with E-state index in [0.29, 0.717) is 12.3 Å². The van der Waals surface area contributed by atoms with E-state index in [4.69, 9.17) is 4.98 Å². The Labute approximate surface area is 137 Å². The Morgan fingerprint density at radius 1 is 1.30 bits per heavy atom. The van der Waals surface area contributed by atoms with Crippen LogP contribution in [0.25, 0.3) is 0 Å². The van der Waals surface area contributed by atoms with Gasteiger partial charge in [-0.3, -0.25) is 0 Å². The van der Waals surface area contributed by atoms with Crippen LogP contribution in [0.2, 0.25) is 0 Å². The molecule has 6 heteroatoms. The van der Waals surface area contributed by atoms with E-state index in [9.17, 15) is 0 Å². The molecule has 0 atom stereocenters. The Balaban J connectivity index is 2.37. The SMILES string of the molecule is CCNc1nc(Cc2csc(C)n2)nc(C(C)C)c1I. The molecule has 0 unspecified atom stereocenters. The van der Waals surface area contributed by atoms with Crippen LogP contribution in [0.4, 0.5) is 5.82 Å². The largest absolute Gasteiger partial charge is 0.369 e. The monoisotopic (exact) mass is 402 g/mol. The zero-order chi connectivity index (χ0) is 14.7. The van der Waals surface area contributed by atoms with Crippen molar-refractivity contribution in [1.29, 1.82) is 0 Å². The number of aromatic nitrogens is 3. The van der Waals surface area contributed by atoms with Crippen molar-refractivity contribution in [2.45, 2.75) is 40.0 Å². The summed E-state index contributed by atoms with van der Waals surface area (Å²) >= 11 is 4.00. The van der Waals surface area contributed by atoms with E-state index < -0.39 is 0 Å². The highest BCUT2D eigenvalue weighted by Gasteiger charge is 2.15. The summed E-state index contributed by atoms with van der Waals surface area (Å²) in [4.78, 5) is 13.9. The van der Waals surface area contributed by atoms with Crippen molar-refractivity contribution in [3.8, 4) is 0 Å². The molecule has 2 rings (SSSR count). The number of nitrogens with zero attached hydrogens (tertiary/aromatic N) is 3. The maximum atomic E-state index is 4.73. The third-order valence-corrected chi connectivity index (χ3v) is 4.71. The molecule has 0 saturated carbocycles. The lowest BCUT2D eigenvalue weighted by atomic mass is 10.1. The van der Waals surface area contributed by atoms with Gasteiger partial charge in [0.15, 0.2) is 0 Å². The van der Waals surface area contributed by atoms with Gasteiger partial charge in [-0.1, -0.05) is 13.8 Å². The Morgan fingerprint density at radius 2 is 2.05 bits per heavy atom. The molecule has 0 amide bonds. The summed E-state index contributed by atoms with van der Waals surface area (Å²) in [5.74, 6) is 2.17. The first-order valence-electron chi connectivity index (χ1n) is 6.72. The van der Waals surface area contributed by atoms with Crippen molar-refractivity contribution in [2.24, 2.45) is 0 Å². The smallest absolute Gasteiger partial charge is 0.143 e. The molecule has 108 valence electrons. The summed E-state index contributed by atoms with van der Waals surface area (Å²) in [6.45, 7) is 9.29. The van der Waals surface area contributed by atoms with Crippen LogP contribution in [-0.4, -0.2) is 21.5 Å². The Morgan fingerprint density at radius 3 is 2.60 bits per heavy atom. The third kappa shape index (κ3) is 3.66. The predicted octanol–water partition coefficient (Wildman–Crippen LogP) is 3.99. The van der Waals surface area contributed by atoms with Crippen LogP contribution >= 0.6 is 33.9 Å². The van der Waals surface area contributed by atoms with Gasteiger partial charge in [0.2, 0.25) is 0 Å². The van der Waals surface area contributed by atoms with E-state index in [2.05, 4.69) is 64.0 Å². The van der Waals surface area contributed by atoms with Gasteiger partial charge < -0.3 is 5.32 Å². The average molecular weight is 402 g/mol. The molecule has 0 saturated heterocycles. The maximum Gasteiger partial charge on any atom is 0.143 e. The molecule has 1 N–H and O–H groups in total. The van der Waals surface area contributed by atoms with Gasteiger partial charge in [0, 0.05) is 11.9 Å². The lowest BCUT2D eigenvalue weighted by Crippen LogP contribution is -2.11. The number of hydrogen-bond donors (Lipinski definition) is 1. The van der Waals surface area contributed by atoms with E-state index in [1.54, 1.807) is 11.3 Å². The van der Waals surface area contributed by atoms with Crippen LogP contribution in [0.5, 0.6) is 0 Å². The zero-order valence-electron chi connectivity index (χ0n) is 12.2. The van der Waals surface area contributed by atoms with Gasteiger partial charge in [-0.2, -0.15) is 0 Å². The van der Waals surface area contributed by atoms with Gasteiger partial charge in [0.25, 0.3) is 0 Å². The van der Waals surface area contributed by atoms with E-state index in [1.807, 2.05) is 6.92 Å². The minimum Gasteiger partial charge on any atom is -0.369 e. The summed E-state index contributed by atoms with van der Waals surface area (Å²) in [7, 11) is 0. The second-order valence-corrected chi connectivity index (χ2v) is 7.05. The minimum absolute atomic E-state index is 0.387. The Hall–Kier alpha value is -0.760. The average Bonchev–Trinajstić information content (AvgIpc) is 2.78. The first kappa shape index (κ1) is 15.6. The standard InChI is InChI=1S/C14H19IN4S/c1-5-16-14-12(15)13(8(2)3)18-11(19-14)6-10-7-20-9(4)17-10/h7-8H,5-6H2,1-4H3,(H,16,18,19). The van der Waals surface area contributed by atoms with E-state index in [-0.39, 0.29) is 0 Å². The molecule has 0 spiro atoms. The highest BCUT2D eigenvalue weighted by Crippen LogP contribution is 2.25. The number of nitrogens with one attached hydrogen (secondary N) is 1. The molecule has 0 radical (unpaired) electrons. The summed E-state index contributed by atoms with van der Waals surface area (Å²) in [5, 5.41) is 6.49. The Bertz CT molecular complexity index is 595. The number of thiazole rings is 1.